The average Bonchev–Trinajstić information content (AvgIpc) is 1.96. The van der Waals surface area contributed by atoms with Crippen LogP contribution < -0.4 is 0 Å². The van der Waals surface area contributed by atoms with Crippen molar-refractivity contribution in [2.75, 3.05) is 0 Å². The molecule has 0 atom stereocenters. The van der Waals surface area contributed by atoms with Crippen molar-refractivity contribution >= 4 is 23.1 Å². The summed E-state index contributed by atoms with van der Waals surface area (Å²) in [7, 11) is 0. The Labute approximate surface area is 112 Å². The van der Waals surface area contributed by atoms with Gasteiger partial charge in [-0.1, -0.05) is 0 Å². The first-order valence-corrected chi connectivity index (χ1v) is 6.92. The zero-order valence-electron chi connectivity index (χ0n) is 10.8. The van der Waals surface area contributed by atoms with Gasteiger partial charge < -0.3 is 0 Å². The summed E-state index contributed by atoms with van der Waals surface area (Å²) < 4.78 is 23.2. The first-order valence-electron chi connectivity index (χ1n) is 4.88. The van der Waals surface area contributed by atoms with Crippen molar-refractivity contribution in [3.8, 4) is 0 Å². The van der Waals surface area contributed by atoms with E-state index in [4.69, 9.17) is 10.7 Å². The summed E-state index contributed by atoms with van der Waals surface area (Å²) in [6, 6.07) is 0. The Kier molecular flexibility index (Phi) is 17.6. The van der Waals surface area contributed by atoms with E-state index in [1.54, 1.807) is 0 Å². The molecule has 0 aliphatic rings. The van der Waals surface area contributed by atoms with Crippen LogP contribution >= 0.6 is 0 Å². The molecule has 0 bridgehead atoms. The van der Waals surface area contributed by atoms with Crippen LogP contribution in [0.1, 0.15) is 40.5 Å². The molecule has 0 aliphatic carbocycles. The van der Waals surface area contributed by atoms with E-state index in [9.17, 15) is 19.2 Å². The molecule has 0 aromatic rings. The molecule has 0 saturated heterocycles. The van der Waals surface area contributed by atoms with Crippen molar-refractivity contribution in [1.29, 1.82) is 0 Å². The Hall–Kier alpha value is -0.886. The molecule has 2 N–H and O–H groups in total. The first-order chi connectivity index (χ1) is 7.98. The van der Waals surface area contributed by atoms with Gasteiger partial charge in [0.2, 0.25) is 0 Å². The van der Waals surface area contributed by atoms with Gasteiger partial charge in [-0.2, -0.15) is 0 Å². The van der Waals surface area contributed by atoms with Gasteiger partial charge in [-0.3, -0.25) is 19.2 Å². The maximum absolute atomic E-state index is 10.0. The molecule has 0 aliphatic heterocycles. The topological polar surface area (TPSA) is 126 Å². The molecule has 0 rings (SSSR count). The number of carbonyl (C=O) groups is 4. The molecule has 7 nitrogen and oxygen atoms in total. The van der Waals surface area contributed by atoms with Crippen molar-refractivity contribution in [1.82, 2.24) is 0 Å². The predicted molar refractivity (Wildman–Crippen MR) is 57.1 cm³/mol. The van der Waals surface area contributed by atoms with E-state index in [1.165, 1.54) is 27.7 Å². The summed E-state index contributed by atoms with van der Waals surface area (Å²) in [4.78, 5) is 40.1. The molecule has 0 unspecified atom stereocenters. The Morgan fingerprint density at radius 2 is 0.833 bits per heavy atom. The van der Waals surface area contributed by atoms with Crippen LogP contribution in [0.25, 0.3) is 0 Å². The SMILES string of the molecule is CC(=O)CC(C)=O.CC(=O)CC(C)=O.[O]=[Ti]([OH])[OH]. The second kappa shape index (κ2) is 14.2. The van der Waals surface area contributed by atoms with Crippen molar-refractivity contribution in [2.24, 2.45) is 0 Å². The Balaban J connectivity index is -0.000000196. The van der Waals surface area contributed by atoms with Crippen LogP contribution in [0.5, 0.6) is 0 Å². The van der Waals surface area contributed by atoms with E-state index in [1.807, 2.05) is 0 Å². The normalized spacial score (nSPS) is 7.89. The van der Waals surface area contributed by atoms with Crippen molar-refractivity contribution in [3.63, 3.8) is 0 Å². The molecule has 0 radical (unpaired) electrons. The number of hydrogen-bond donors (Lipinski definition) is 2. The summed E-state index contributed by atoms with van der Waals surface area (Å²) in [6.07, 6.45) is 0.167. The molecule has 0 heterocycles. The van der Waals surface area contributed by atoms with Gasteiger partial charge in [-0.05, 0) is 27.7 Å². The van der Waals surface area contributed by atoms with Crippen LogP contribution in [0.15, 0.2) is 0 Å². The van der Waals surface area contributed by atoms with Gasteiger partial charge in [-0.15, -0.1) is 0 Å². The van der Waals surface area contributed by atoms with Crippen LogP contribution in [0.4, 0.5) is 0 Å². The summed E-state index contributed by atoms with van der Waals surface area (Å²) in [6.45, 7) is 5.62. The van der Waals surface area contributed by atoms with E-state index < -0.39 is 18.6 Å². The van der Waals surface area contributed by atoms with Crippen molar-refractivity contribution in [2.45, 2.75) is 40.5 Å². The molecule has 0 saturated carbocycles. The number of rotatable bonds is 4. The van der Waals surface area contributed by atoms with E-state index in [0.717, 1.165) is 0 Å². The average molecular weight is 298 g/mol. The number of ketones is 4. The van der Waals surface area contributed by atoms with E-state index in [-0.39, 0.29) is 36.0 Å². The predicted octanol–water partition coefficient (Wildman–Crippen LogP) is -0.126. The molecule has 0 aromatic carbocycles. The van der Waals surface area contributed by atoms with Crippen molar-refractivity contribution in [3.05, 3.63) is 0 Å². The third-order valence-electron chi connectivity index (χ3n) is 0.996. The van der Waals surface area contributed by atoms with E-state index in [2.05, 4.69) is 0 Å². The third kappa shape index (κ3) is 59.5. The summed E-state index contributed by atoms with van der Waals surface area (Å²) in [5.74, 6) is -0.250. The number of Topliss-reactive ketones (excluding diaryl/α,β-unsaturated/α-hetero) is 4. The Morgan fingerprint density at radius 1 is 0.722 bits per heavy atom. The molecular weight excluding hydrogens is 280 g/mol. The van der Waals surface area contributed by atoms with Gasteiger partial charge >= 0.3 is 29.3 Å². The van der Waals surface area contributed by atoms with Gasteiger partial charge in [0, 0.05) is 0 Å². The molecule has 8 heteroatoms. The minimum absolute atomic E-state index is 0.0625. The van der Waals surface area contributed by atoms with Gasteiger partial charge in [0.05, 0.1) is 12.8 Å². The zero-order chi connectivity index (χ0) is 15.3. The molecule has 104 valence electrons. The second-order valence-corrected chi connectivity index (χ2v) is 4.33. The van der Waals surface area contributed by atoms with Crippen LogP contribution in [0.2, 0.25) is 0 Å². The van der Waals surface area contributed by atoms with Crippen LogP contribution in [0.3, 0.4) is 0 Å². The first kappa shape index (κ1) is 22.3. The van der Waals surface area contributed by atoms with Gasteiger partial charge in [0.1, 0.15) is 23.1 Å². The standard InChI is InChI=1S/2C5H8O2.2H2O.O.Ti/c2*1-4(6)3-5(2)7;;;;/h2*3H2,1-2H3;2*1H2;;/q;;;;;+2/p-2. The molecular formula is C10H18O7Ti. The number of carbonyl (C=O) groups excluding carboxylic acids is 4. The third-order valence-corrected chi connectivity index (χ3v) is 0.996. The van der Waals surface area contributed by atoms with E-state index >= 15 is 0 Å². The quantitative estimate of drug-likeness (QED) is 0.547. The van der Waals surface area contributed by atoms with Crippen LogP contribution in [-0.4, -0.2) is 30.5 Å². The maximum atomic E-state index is 10.0. The summed E-state index contributed by atoms with van der Waals surface area (Å²) in [5, 5.41) is 0. The fraction of sp³-hybridized carbons (Fsp3) is 0.600. The fourth-order valence-electron chi connectivity index (χ4n) is 0.701. The summed E-state index contributed by atoms with van der Waals surface area (Å²) in [5.41, 5.74) is 0. The monoisotopic (exact) mass is 298 g/mol. The second-order valence-electron chi connectivity index (χ2n) is 3.44. The number of hydrogen-bond acceptors (Lipinski definition) is 5. The van der Waals surface area contributed by atoms with Crippen LogP contribution in [-0.2, 0) is 41.1 Å². The van der Waals surface area contributed by atoms with Crippen LogP contribution in [0, 0.1) is 0 Å². The molecule has 0 fully saturated rings. The minimum atomic E-state index is -3.58. The molecule has 0 amide bonds. The van der Waals surface area contributed by atoms with Crippen molar-refractivity contribution < 1.29 is 48.5 Å². The zero-order valence-corrected chi connectivity index (χ0v) is 12.4. The fourth-order valence-corrected chi connectivity index (χ4v) is 0.701. The van der Waals surface area contributed by atoms with Gasteiger partial charge in [-0.25, -0.2) is 0 Å². The van der Waals surface area contributed by atoms with Gasteiger partial charge in [0.15, 0.2) is 0 Å². The summed E-state index contributed by atoms with van der Waals surface area (Å²) >= 11 is -3.58. The Morgan fingerprint density at radius 3 is 0.833 bits per heavy atom. The Bertz CT molecular complexity index is 268. The van der Waals surface area contributed by atoms with E-state index in [0.29, 0.717) is 0 Å². The molecule has 18 heavy (non-hydrogen) atoms. The molecule has 0 aromatic heterocycles. The molecule has 0 spiro atoms. The van der Waals surface area contributed by atoms with Gasteiger partial charge in [0.25, 0.3) is 0 Å².